The third kappa shape index (κ3) is 6.17. The van der Waals surface area contributed by atoms with Crippen molar-refractivity contribution in [1.29, 1.82) is 0 Å². The van der Waals surface area contributed by atoms with Gasteiger partial charge in [-0.05, 0) is 103 Å². The molecule has 1 N–H and O–H groups in total. The average Bonchev–Trinajstić information content (AvgIpc) is 2.74. The molecule has 3 aromatic rings. The highest BCUT2D eigenvalue weighted by Crippen LogP contribution is 2.32. The van der Waals surface area contributed by atoms with Gasteiger partial charge in [-0.3, -0.25) is 4.79 Å². The number of hydrogen-bond acceptors (Lipinski definition) is 4. The topological polar surface area (TPSA) is 59.9 Å². The summed E-state index contributed by atoms with van der Waals surface area (Å²) in [7, 11) is 1.57. The Bertz CT molecular complexity index is 1050. The van der Waals surface area contributed by atoms with Crippen molar-refractivity contribution in [3.05, 3.63) is 89.0 Å². The highest BCUT2D eigenvalue weighted by atomic mass is 127. The minimum atomic E-state index is -0.308. The smallest absolute Gasteiger partial charge is 0.271 e. The third-order valence-corrected chi connectivity index (χ3v) is 6.32. The molecule has 0 bridgehead atoms. The summed E-state index contributed by atoms with van der Waals surface area (Å²) in [6, 6.07) is 19.1. The van der Waals surface area contributed by atoms with Crippen molar-refractivity contribution in [2.45, 2.75) is 6.61 Å². The molecule has 3 rings (SSSR count). The van der Waals surface area contributed by atoms with E-state index in [1.165, 1.54) is 0 Å². The minimum absolute atomic E-state index is 0.308. The van der Waals surface area contributed by atoms with Gasteiger partial charge in [-0.25, -0.2) is 5.43 Å². The zero-order valence-corrected chi connectivity index (χ0v) is 21.8. The lowest BCUT2D eigenvalue weighted by molar-refractivity contribution is 0.0954. The maximum absolute atomic E-state index is 12.3. The Kier molecular flexibility index (Phi) is 8.51. The van der Waals surface area contributed by atoms with E-state index in [1.54, 1.807) is 25.5 Å². The fourth-order valence-electron chi connectivity index (χ4n) is 2.55. The molecular weight excluding hydrogens is 674 g/mol. The van der Waals surface area contributed by atoms with Crippen LogP contribution in [0.15, 0.2) is 70.2 Å². The number of nitrogens with zero attached hydrogens (tertiary/aromatic N) is 1. The van der Waals surface area contributed by atoms with Gasteiger partial charge in [0.25, 0.3) is 5.91 Å². The number of amides is 1. The summed E-state index contributed by atoms with van der Waals surface area (Å²) in [5.74, 6) is 1.11. The second-order valence-corrected chi connectivity index (χ2v) is 9.32. The summed E-state index contributed by atoms with van der Waals surface area (Å²) >= 11 is 7.93. The van der Waals surface area contributed by atoms with Crippen LogP contribution in [-0.2, 0) is 6.61 Å². The largest absolute Gasteiger partial charge is 0.496 e. The number of hydrogen-bond donors (Lipinski definition) is 1. The van der Waals surface area contributed by atoms with Crippen LogP contribution in [0.25, 0.3) is 0 Å². The van der Waals surface area contributed by atoms with Crippen molar-refractivity contribution in [1.82, 2.24) is 5.43 Å². The first-order valence-electron chi connectivity index (χ1n) is 8.80. The zero-order valence-electron chi connectivity index (χ0n) is 15.9. The summed E-state index contributed by atoms with van der Waals surface area (Å²) < 4.78 is 13.9. The van der Waals surface area contributed by atoms with E-state index in [0.29, 0.717) is 17.9 Å². The molecule has 0 aromatic heterocycles. The van der Waals surface area contributed by atoms with E-state index in [2.05, 4.69) is 71.6 Å². The van der Waals surface area contributed by atoms with Crippen LogP contribution in [0.2, 0.25) is 0 Å². The Hall–Kier alpha value is -1.66. The van der Waals surface area contributed by atoms with Gasteiger partial charge in [0.2, 0.25) is 0 Å². The predicted molar refractivity (Wildman–Crippen MR) is 138 cm³/mol. The van der Waals surface area contributed by atoms with Crippen LogP contribution in [0.1, 0.15) is 21.5 Å². The first-order valence-corrected chi connectivity index (χ1v) is 11.8. The Morgan fingerprint density at radius 2 is 1.87 bits per heavy atom. The van der Waals surface area contributed by atoms with E-state index in [-0.39, 0.29) is 5.91 Å². The van der Waals surface area contributed by atoms with E-state index < -0.39 is 0 Å². The number of nitrogens with one attached hydrogen (secondary N) is 1. The van der Waals surface area contributed by atoms with Gasteiger partial charge < -0.3 is 9.47 Å². The lowest BCUT2D eigenvalue weighted by Crippen LogP contribution is -2.17. The molecule has 0 aliphatic carbocycles. The molecule has 0 aliphatic rings. The number of carbonyl (C=O) groups is 1. The molecule has 0 saturated carbocycles. The lowest BCUT2D eigenvalue weighted by atomic mass is 10.2. The summed E-state index contributed by atoms with van der Waals surface area (Å²) in [6.45, 7) is 0.485. The molecule has 3 aromatic carbocycles. The number of hydrazone groups is 1. The molecule has 5 nitrogen and oxygen atoms in total. The molecule has 0 atom stereocenters. The van der Waals surface area contributed by atoms with Crippen LogP contribution in [0.5, 0.6) is 11.5 Å². The van der Waals surface area contributed by atoms with Gasteiger partial charge in [-0.15, -0.1) is 0 Å². The molecule has 1 amide bonds. The molecule has 30 heavy (non-hydrogen) atoms. The van der Waals surface area contributed by atoms with Gasteiger partial charge in [0.15, 0.2) is 0 Å². The summed E-state index contributed by atoms with van der Waals surface area (Å²) in [6.07, 6.45) is 1.59. The number of benzene rings is 3. The summed E-state index contributed by atoms with van der Waals surface area (Å²) in [4.78, 5) is 12.3. The van der Waals surface area contributed by atoms with Crippen LogP contribution < -0.4 is 14.9 Å². The molecule has 0 heterocycles. The van der Waals surface area contributed by atoms with Gasteiger partial charge in [0.1, 0.15) is 18.1 Å². The van der Waals surface area contributed by atoms with E-state index in [9.17, 15) is 4.79 Å². The SMILES string of the molecule is COc1cc(C(=O)N/N=C\c2cc(Br)c(OCc3ccccc3)c(I)c2)ccc1I. The Labute approximate surface area is 210 Å². The second kappa shape index (κ2) is 11.1. The van der Waals surface area contributed by atoms with E-state index in [1.807, 2.05) is 48.5 Å². The Balaban J connectivity index is 1.65. The molecular formula is C22H17BrI2N2O3. The molecule has 0 fully saturated rings. The first-order chi connectivity index (χ1) is 14.5. The molecule has 8 heteroatoms. The molecule has 0 unspecified atom stereocenters. The third-order valence-electron chi connectivity index (χ3n) is 4.04. The van der Waals surface area contributed by atoms with E-state index in [4.69, 9.17) is 9.47 Å². The van der Waals surface area contributed by atoms with Gasteiger partial charge >= 0.3 is 0 Å². The van der Waals surface area contributed by atoms with Crippen molar-refractivity contribution >= 4 is 73.2 Å². The van der Waals surface area contributed by atoms with E-state index >= 15 is 0 Å². The number of ether oxygens (including phenoxy) is 2. The Morgan fingerprint density at radius 1 is 1.10 bits per heavy atom. The normalized spacial score (nSPS) is 10.8. The van der Waals surface area contributed by atoms with Gasteiger partial charge in [0, 0.05) is 5.56 Å². The molecule has 154 valence electrons. The number of carbonyl (C=O) groups excluding carboxylic acids is 1. The van der Waals surface area contributed by atoms with Crippen molar-refractivity contribution in [2.24, 2.45) is 5.10 Å². The first kappa shape index (κ1) is 23.0. The van der Waals surface area contributed by atoms with Crippen LogP contribution in [-0.4, -0.2) is 19.2 Å². The molecule has 0 aliphatic heterocycles. The van der Waals surface area contributed by atoms with Crippen molar-refractivity contribution in [3.63, 3.8) is 0 Å². The summed E-state index contributed by atoms with van der Waals surface area (Å²) in [5, 5.41) is 4.07. The standard InChI is InChI=1S/C22H17BrI2N2O3/c1-29-20-11-16(7-8-18(20)24)22(28)27-26-12-15-9-17(23)21(19(25)10-15)30-13-14-5-3-2-4-6-14/h2-12H,13H2,1H3,(H,27,28)/b26-12-. The number of methoxy groups -OCH3 is 1. The van der Waals surface area contributed by atoms with E-state index in [0.717, 1.165) is 28.5 Å². The van der Waals surface area contributed by atoms with Gasteiger partial charge in [-0.2, -0.15) is 5.10 Å². The lowest BCUT2D eigenvalue weighted by Gasteiger charge is -2.11. The fraction of sp³-hybridized carbons (Fsp3) is 0.0909. The molecule has 0 saturated heterocycles. The van der Waals surface area contributed by atoms with Gasteiger partial charge in [0.05, 0.1) is 24.9 Å². The summed E-state index contributed by atoms with van der Waals surface area (Å²) in [5.41, 5.74) is 4.95. The number of rotatable bonds is 7. The maximum Gasteiger partial charge on any atom is 0.271 e. The Morgan fingerprint density at radius 3 is 2.57 bits per heavy atom. The van der Waals surface area contributed by atoms with Crippen LogP contribution in [0, 0.1) is 7.14 Å². The maximum atomic E-state index is 12.3. The highest BCUT2D eigenvalue weighted by molar-refractivity contribution is 14.1. The quantitative estimate of drug-likeness (QED) is 0.188. The molecule has 0 radical (unpaired) electrons. The minimum Gasteiger partial charge on any atom is -0.496 e. The predicted octanol–water partition coefficient (Wildman–Crippen LogP) is 6.01. The van der Waals surface area contributed by atoms with Crippen molar-refractivity contribution in [3.8, 4) is 11.5 Å². The van der Waals surface area contributed by atoms with Crippen LogP contribution >= 0.6 is 61.1 Å². The number of halogens is 3. The van der Waals surface area contributed by atoms with Crippen molar-refractivity contribution < 1.29 is 14.3 Å². The van der Waals surface area contributed by atoms with Crippen LogP contribution in [0.4, 0.5) is 0 Å². The van der Waals surface area contributed by atoms with Gasteiger partial charge in [-0.1, -0.05) is 30.3 Å². The van der Waals surface area contributed by atoms with Crippen molar-refractivity contribution in [2.75, 3.05) is 7.11 Å². The second-order valence-electron chi connectivity index (χ2n) is 6.14. The highest BCUT2D eigenvalue weighted by Gasteiger charge is 2.10. The molecule has 0 spiro atoms. The van der Waals surface area contributed by atoms with Crippen LogP contribution in [0.3, 0.4) is 0 Å². The fourth-order valence-corrected chi connectivity index (χ4v) is 4.88. The average molecular weight is 691 g/mol. The monoisotopic (exact) mass is 690 g/mol. The zero-order chi connectivity index (χ0) is 21.5.